The van der Waals surface area contributed by atoms with Gasteiger partial charge in [-0.05, 0) is 51.1 Å². The van der Waals surface area contributed by atoms with Crippen LogP contribution in [-0.2, 0) is 6.54 Å². The fourth-order valence-corrected chi connectivity index (χ4v) is 3.64. The van der Waals surface area contributed by atoms with Crippen molar-refractivity contribution in [2.45, 2.75) is 39.3 Å². The normalized spacial score (nSPS) is 19.0. The van der Waals surface area contributed by atoms with E-state index < -0.39 is 0 Å². The van der Waals surface area contributed by atoms with Gasteiger partial charge in [0.1, 0.15) is 0 Å². The molecule has 130 valence electrons. The number of aliphatic hydroxyl groups is 1. The lowest BCUT2D eigenvalue weighted by atomic mass is 10.1. The van der Waals surface area contributed by atoms with Crippen LogP contribution in [0.1, 0.15) is 32.1 Å². The van der Waals surface area contributed by atoms with Gasteiger partial charge in [-0.25, -0.2) is 4.79 Å². The number of thiophene rings is 1. The lowest BCUT2D eigenvalue weighted by Crippen LogP contribution is -2.44. The molecule has 2 amide bonds. The van der Waals surface area contributed by atoms with Gasteiger partial charge in [0.2, 0.25) is 0 Å². The Morgan fingerprint density at radius 1 is 1.52 bits per heavy atom. The summed E-state index contributed by atoms with van der Waals surface area (Å²) in [5, 5.41) is 14.2. The minimum absolute atomic E-state index is 0.0139. The average molecular weight is 340 g/mol. The number of amides is 2. The molecule has 0 bridgehead atoms. The number of carbonyl (C=O) groups excluding carboxylic acids is 1. The topological polar surface area (TPSA) is 55.8 Å². The molecule has 2 heterocycles. The molecule has 2 N–H and O–H groups in total. The van der Waals surface area contributed by atoms with E-state index in [2.05, 4.69) is 31.0 Å². The Bertz CT molecular complexity index is 485. The van der Waals surface area contributed by atoms with E-state index in [0.717, 1.165) is 24.4 Å². The zero-order valence-electron chi connectivity index (χ0n) is 14.4. The number of rotatable bonds is 6. The minimum Gasteiger partial charge on any atom is -0.395 e. The molecule has 1 aromatic heterocycles. The van der Waals surface area contributed by atoms with E-state index in [9.17, 15) is 9.90 Å². The van der Waals surface area contributed by atoms with E-state index >= 15 is 0 Å². The second-order valence-corrected chi connectivity index (χ2v) is 8.21. The van der Waals surface area contributed by atoms with Crippen molar-refractivity contribution in [2.24, 2.45) is 5.92 Å². The maximum absolute atomic E-state index is 12.4. The third-order valence-electron chi connectivity index (χ3n) is 4.36. The van der Waals surface area contributed by atoms with E-state index in [0.29, 0.717) is 25.6 Å². The van der Waals surface area contributed by atoms with Gasteiger partial charge in [0, 0.05) is 30.1 Å². The number of hydrogen-bond acceptors (Lipinski definition) is 4. The molecule has 0 saturated carbocycles. The standard InChI is InChI=1S/C17H29N3O2S/c1-17(2,3)20-7-6-14(12-20)11-18-16(22)19(8-9-21)13-15-5-4-10-23-15/h4-5,10,14,21H,6-9,11-13H2,1-3H3,(H,18,22)/t14-/m1/s1. The fraction of sp³-hybridized carbons (Fsp3) is 0.706. The van der Waals surface area contributed by atoms with Crippen molar-refractivity contribution >= 4 is 17.4 Å². The highest BCUT2D eigenvalue weighted by Crippen LogP contribution is 2.23. The molecule has 1 atom stereocenters. The Balaban J connectivity index is 1.80. The molecule has 23 heavy (non-hydrogen) atoms. The van der Waals surface area contributed by atoms with Gasteiger partial charge in [-0.2, -0.15) is 0 Å². The van der Waals surface area contributed by atoms with Crippen LogP contribution < -0.4 is 5.32 Å². The Labute approximate surface area is 143 Å². The molecule has 0 spiro atoms. The lowest BCUT2D eigenvalue weighted by Gasteiger charge is -2.31. The number of aliphatic hydroxyl groups excluding tert-OH is 1. The molecule has 0 aromatic carbocycles. The van der Waals surface area contributed by atoms with Gasteiger partial charge in [0.05, 0.1) is 13.2 Å². The van der Waals surface area contributed by atoms with Gasteiger partial charge in [-0.1, -0.05) is 6.07 Å². The molecule has 1 aliphatic rings. The number of nitrogens with zero attached hydrogens (tertiary/aromatic N) is 2. The Morgan fingerprint density at radius 2 is 2.30 bits per heavy atom. The van der Waals surface area contributed by atoms with Gasteiger partial charge < -0.3 is 15.3 Å². The van der Waals surface area contributed by atoms with Crippen LogP contribution in [0, 0.1) is 5.92 Å². The van der Waals surface area contributed by atoms with E-state index in [-0.39, 0.29) is 18.2 Å². The third kappa shape index (κ3) is 5.48. The van der Waals surface area contributed by atoms with E-state index in [1.807, 2.05) is 17.5 Å². The number of nitrogens with one attached hydrogen (secondary N) is 1. The fourth-order valence-electron chi connectivity index (χ4n) is 2.92. The second-order valence-electron chi connectivity index (χ2n) is 7.18. The number of likely N-dealkylation sites (tertiary alicyclic amines) is 1. The molecule has 0 radical (unpaired) electrons. The van der Waals surface area contributed by atoms with Crippen LogP contribution in [0.3, 0.4) is 0 Å². The molecule has 0 aliphatic carbocycles. The first-order valence-corrected chi connectivity index (χ1v) is 9.19. The van der Waals surface area contributed by atoms with E-state index in [4.69, 9.17) is 0 Å². The van der Waals surface area contributed by atoms with Crippen molar-refractivity contribution in [3.8, 4) is 0 Å². The quantitative estimate of drug-likeness (QED) is 0.837. The predicted octanol–water partition coefficient (Wildman–Crippen LogP) is 2.37. The van der Waals surface area contributed by atoms with Gasteiger partial charge in [0.15, 0.2) is 0 Å². The van der Waals surface area contributed by atoms with Crippen LogP contribution in [0.15, 0.2) is 17.5 Å². The Hall–Kier alpha value is -1.11. The number of urea groups is 1. The van der Waals surface area contributed by atoms with Crippen LogP contribution in [0.25, 0.3) is 0 Å². The molecule has 0 unspecified atom stereocenters. The predicted molar refractivity (Wildman–Crippen MR) is 94.6 cm³/mol. The first kappa shape index (κ1) is 18.2. The highest BCUT2D eigenvalue weighted by molar-refractivity contribution is 7.09. The van der Waals surface area contributed by atoms with Crippen molar-refractivity contribution < 1.29 is 9.90 Å². The summed E-state index contributed by atoms with van der Waals surface area (Å²) in [4.78, 5) is 17.7. The second kappa shape index (κ2) is 8.13. The molecule has 2 rings (SSSR count). The SMILES string of the molecule is CC(C)(C)N1CC[C@H](CNC(=O)N(CCO)Cc2cccs2)C1. The smallest absolute Gasteiger partial charge is 0.317 e. The lowest BCUT2D eigenvalue weighted by molar-refractivity contribution is 0.164. The highest BCUT2D eigenvalue weighted by atomic mass is 32.1. The zero-order valence-corrected chi connectivity index (χ0v) is 15.2. The number of hydrogen-bond donors (Lipinski definition) is 2. The molecule has 1 aliphatic heterocycles. The molecule has 1 aromatic rings. The summed E-state index contributed by atoms with van der Waals surface area (Å²) in [6.07, 6.45) is 1.13. The molecule has 1 saturated heterocycles. The summed E-state index contributed by atoms with van der Waals surface area (Å²) in [6.45, 7) is 10.4. The van der Waals surface area contributed by atoms with E-state index in [1.54, 1.807) is 16.2 Å². The summed E-state index contributed by atoms with van der Waals surface area (Å²) in [6, 6.07) is 3.91. The van der Waals surface area contributed by atoms with Gasteiger partial charge in [0.25, 0.3) is 0 Å². The van der Waals surface area contributed by atoms with Crippen molar-refractivity contribution in [1.82, 2.24) is 15.1 Å². The van der Waals surface area contributed by atoms with Gasteiger partial charge in [-0.15, -0.1) is 11.3 Å². The average Bonchev–Trinajstić information content (AvgIpc) is 3.15. The maximum Gasteiger partial charge on any atom is 0.317 e. The number of carbonyl (C=O) groups is 1. The summed E-state index contributed by atoms with van der Waals surface area (Å²) < 4.78 is 0. The van der Waals surface area contributed by atoms with Crippen LogP contribution in [0.2, 0.25) is 0 Å². The van der Waals surface area contributed by atoms with Crippen molar-refractivity contribution in [2.75, 3.05) is 32.8 Å². The minimum atomic E-state index is -0.0818. The molecule has 5 nitrogen and oxygen atoms in total. The van der Waals surface area contributed by atoms with Crippen LogP contribution in [0.4, 0.5) is 4.79 Å². The molecular formula is C17H29N3O2S. The van der Waals surface area contributed by atoms with Crippen molar-refractivity contribution in [1.29, 1.82) is 0 Å². The largest absolute Gasteiger partial charge is 0.395 e. The van der Waals surface area contributed by atoms with E-state index in [1.165, 1.54) is 0 Å². The summed E-state index contributed by atoms with van der Waals surface area (Å²) in [7, 11) is 0. The summed E-state index contributed by atoms with van der Waals surface area (Å²) in [5.74, 6) is 0.510. The summed E-state index contributed by atoms with van der Waals surface area (Å²) in [5.41, 5.74) is 0.195. The monoisotopic (exact) mass is 339 g/mol. The van der Waals surface area contributed by atoms with Gasteiger partial charge in [-0.3, -0.25) is 4.90 Å². The van der Waals surface area contributed by atoms with Crippen molar-refractivity contribution in [3.05, 3.63) is 22.4 Å². The molecule has 6 heteroatoms. The van der Waals surface area contributed by atoms with Crippen molar-refractivity contribution in [3.63, 3.8) is 0 Å². The molecular weight excluding hydrogens is 310 g/mol. The van der Waals surface area contributed by atoms with Crippen LogP contribution in [-0.4, -0.2) is 59.3 Å². The third-order valence-corrected chi connectivity index (χ3v) is 5.22. The first-order chi connectivity index (χ1) is 10.9. The molecule has 1 fully saturated rings. The first-order valence-electron chi connectivity index (χ1n) is 8.31. The maximum atomic E-state index is 12.4. The summed E-state index contributed by atoms with van der Waals surface area (Å²) >= 11 is 1.63. The van der Waals surface area contributed by atoms with Crippen LogP contribution in [0.5, 0.6) is 0 Å². The van der Waals surface area contributed by atoms with Crippen LogP contribution >= 0.6 is 11.3 Å². The Kier molecular flexibility index (Phi) is 6.44. The Morgan fingerprint density at radius 3 is 2.87 bits per heavy atom. The zero-order chi connectivity index (χ0) is 16.9. The highest BCUT2D eigenvalue weighted by Gasteiger charge is 2.30. The van der Waals surface area contributed by atoms with Gasteiger partial charge >= 0.3 is 6.03 Å².